The molecule has 1 heterocycles. The molecule has 224 valence electrons. The molecule has 1 aliphatic rings. The zero-order valence-corrected chi connectivity index (χ0v) is 25.2. The van der Waals surface area contributed by atoms with Crippen LogP contribution in [0.3, 0.4) is 0 Å². The summed E-state index contributed by atoms with van der Waals surface area (Å²) in [5.74, 6) is -0.603. The highest BCUT2D eigenvalue weighted by Crippen LogP contribution is 2.27. The average Bonchev–Trinajstić information content (AvgIpc) is 3.23. The van der Waals surface area contributed by atoms with Gasteiger partial charge in [-0.25, -0.2) is 19.2 Å². The highest BCUT2D eigenvalue weighted by molar-refractivity contribution is 5.83. The van der Waals surface area contributed by atoms with Gasteiger partial charge in [0.15, 0.2) is 0 Å². The largest absolute Gasteiger partial charge is 0.459 e. The molecule has 1 aromatic rings. The molecule has 1 fully saturated rings. The second-order valence-corrected chi connectivity index (χ2v) is 12.7. The Morgan fingerprint density at radius 3 is 2.00 bits per heavy atom. The number of nitrogens with zero attached hydrogens (tertiary/aromatic N) is 2. The van der Waals surface area contributed by atoms with Crippen LogP contribution in [0.1, 0.15) is 74.3 Å². The van der Waals surface area contributed by atoms with Crippen molar-refractivity contribution in [2.45, 2.75) is 104 Å². The number of carbonyl (C=O) groups is 4. The van der Waals surface area contributed by atoms with Crippen molar-refractivity contribution >= 4 is 24.2 Å². The zero-order chi connectivity index (χ0) is 30.3. The van der Waals surface area contributed by atoms with Crippen molar-refractivity contribution in [1.82, 2.24) is 15.1 Å². The summed E-state index contributed by atoms with van der Waals surface area (Å²) >= 11 is 0. The van der Waals surface area contributed by atoms with Crippen LogP contribution in [-0.4, -0.2) is 82.6 Å². The number of rotatable bonds is 7. The molecule has 0 unspecified atom stereocenters. The van der Waals surface area contributed by atoms with Crippen molar-refractivity contribution in [3.05, 3.63) is 35.9 Å². The molecule has 0 bridgehead atoms. The standard InChI is InChI=1S/C29H45N3O8/c1-27(2,3)38-24(34)30-15-16-31(25(35)39-28(4,5)6)21-17-22(32(18-21)26(36)40-29(7,8)9)23(33)37-19-20-13-11-10-12-14-20/h10-14,21-22H,15-19H2,1-9H3,(H,30,34)/t21-,22+/m1/s1. The number of nitrogens with one attached hydrogen (secondary N) is 1. The lowest BCUT2D eigenvalue weighted by molar-refractivity contribution is -0.150. The van der Waals surface area contributed by atoms with Crippen LogP contribution >= 0.6 is 0 Å². The van der Waals surface area contributed by atoms with Crippen molar-refractivity contribution in [3.63, 3.8) is 0 Å². The van der Waals surface area contributed by atoms with E-state index in [2.05, 4.69) is 5.32 Å². The number of hydrogen-bond acceptors (Lipinski definition) is 8. The lowest BCUT2D eigenvalue weighted by Crippen LogP contribution is -2.48. The summed E-state index contributed by atoms with van der Waals surface area (Å²) in [5, 5.41) is 2.64. The molecule has 3 amide bonds. The average molecular weight is 564 g/mol. The van der Waals surface area contributed by atoms with Gasteiger partial charge < -0.3 is 29.2 Å². The second-order valence-electron chi connectivity index (χ2n) is 12.7. The van der Waals surface area contributed by atoms with Crippen LogP contribution in [0.4, 0.5) is 14.4 Å². The van der Waals surface area contributed by atoms with Gasteiger partial charge in [0.05, 0.1) is 6.04 Å². The number of likely N-dealkylation sites (tertiary alicyclic amines) is 1. The minimum Gasteiger partial charge on any atom is -0.459 e. The van der Waals surface area contributed by atoms with Gasteiger partial charge in [0.25, 0.3) is 0 Å². The van der Waals surface area contributed by atoms with Crippen molar-refractivity contribution in [3.8, 4) is 0 Å². The van der Waals surface area contributed by atoms with Gasteiger partial charge >= 0.3 is 24.2 Å². The van der Waals surface area contributed by atoms with Crippen LogP contribution in [0.2, 0.25) is 0 Å². The van der Waals surface area contributed by atoms with Gasteiger partial charge in [0.2, 0.25) is 0 Å². The van der Waals surface area contributed by atoms with E-state index in [4.69, 9.17) is 18.9 Å². The summed E-state index contributed by atoms with van der Waals surface area (Å²) in [6, 6.07) is 7.62. The Kier molecular flexibility index (Phi) is 10.8. The van der Waals surface area contributed by atoms with E-state index in [1.165, 1.54) is 9.80 Å². The van der Waals surface area contributed by atoms with Crippen LogP contribution in [0.5, 0.6) is 0 Å². The van der Waals surface area contributed by atoms with Crippen LogP contribution < -0.4 is 5.32 Å². The third kappa shape index (κ3) is 11.3. The Morgan fingerprint density at radius 2 is 1.45 bits per heavy atom. The van der Waals surface area contributed by atoms with Gasteiger partial charge in [-0.3, -0.25) is 4.90 Å². The normalized spacial score (nSPS) is 17.6. The number of esters is 1. The predicted molar refractivity (Wildman–Crippen MR) is 149 cm³/mol. The minimum atomic E-state index is -0.979. The summed E-state index contributed by atoms with van der Waals surface area (Å²) < 4.78 is 22.0. The zero-order valence-electron chi connectivity index (χ0n) is 25.2. The smallest absolute Gasteiger partial charge is 0.411 e. The first-order valence-electron chi connectivity index (χ1n) is 13.5. The van der Waals surface area contributed by atoms with Crippen molar-refractivity contribution < 1.29 is 38.1 Å². The van der Waals surface area contributed by atoms with Crippen molar-refractivity contribution in [2.75, 3.05) is 19.6 Å². The molecular weight excluding hydrogens is 518 g/mol. The third-order valence-corrected chi connectivity index (χ3v) is 5.49. The fourth-order valence-electron chi connectivity index (χ4n) is 3.95. The minimum absolute atomic E-state index is 0.0195. The van der Waals surface area contributed by atoms with E-state index >= 15 is 0 Å². The Balaban J connectivity index is 2.24. The van der Waals surface area contributed by atoms with Crippen LogP contribution in [0, 0.1) is 0 Å². The maximum absolute atomic E-state index is 13.3. The number of benzene rings is 1. The molecule has 11 heteroatoms. The molecule has 0 aliphatic carbocycles. The number of ether oxygens (including phenoxy) is 4. The molecule has 1 saturated heterocycles. The first-order chi connectivity index (χ1) is 18.3. The van der Waals surface area contributed by atoms with E-state index in [0.29, 0.717) is 0 Å². The molecule has 0 radical (unpaired) electrons. The molecule has 11 nitrogen and oxygen atoms in total. The second kappa shape index (κ2) is 13.2. The first-order valence-corrected chi connectivity index (χ1v) is 13.5. The van der Waals surface area contributed by atoms with E-state index in [-0.39, 0.29) is 32.7 Å². The van der Waals surface area contributed by atoms with Gasteiger partial charge in [-0.05, 0) is 67.9 Å². The number of alkyl carbamates (subject to hydrolysis) is 1. The lowest BCUT2D eigenvalue weighted by atomic mass is 10.1. The Hall–Kier alpha value is -3.50. The van der Waals surface area contributed by atoms with Gasteiger partial charge in [-0.1, -0.05) is 30.3 Å². The summed E-state index contributed by atoms with van der Waals surface area (Å²) in [6.45, 7) is 15.9. The summed E-state index contributed by atoms with van der Waals surface area (Å²) in [5.41, 5.74) is -1.46. The van der Waals surface area contributed by atoms with E-state index in [1.807, 2.05) is 30.3 Å². The fraction of sp³-hybridized carbons (Fsp3) is 0.655. The molecule has 2 rings (SSSR count). The topological polar surface area (TPSA) is 124 Å². The predicted octanol–water partition coefficient (Wildman–Crippen LogP) is 4.87. The van der Waals surface area contributed by atoms with Gasteiger partial charge in [0.1, 0.15) is 29.5 Å². The first kappa shape index (κ1) is 32.7. The van der Waals surface area contributed by atoms with Crippen molar-refractivity contribution in [1.29, 1.82) is 0 Å². The SMILES string of the molecule is CC(C)(C)OC(=O)NCCN(C(=O)OC(C)(C)C)[C@@H]1C[C@@H](C(=O)OCc2ccccc2)N(C(=O)OC(C)(C)C)C1. The van der Waals surface area contributed by atoms with Crippen LogP contribution in [0.25, 0.3) is 0 Å². The number of amides is 3. The number of carbonyl (C=O) groups excluding carboxylic acids is 4. The monoisotopic (exact) mass is 563 g/mol. The van der Waals surface area contributed by atoms with Crippen molar-refractivity contribution in [2.24, 2.45) is 0 Å². The highest BCUT2D eigenvalue weighted by atomic mass is 16.6. The molecule has 0 saturated carbocycles. The Labute approximate surface area is 237 Å². The van der Waals surface area contributed by atoms with E-state index in [0.717, 1.165) is 5.56 Å². The van der Waals surface area contributed by atoms with E-state index in [9.17, 15) is 19.2 Å². The molecule has 1 aromatic carbocycles. The maximum Gasteiger partial charge on any atom is 0.411 e. The van der Waals surface area contributed by atoms with E-state index < -0.39 is 53.1 Å². The quantitative estimate of drug-likeness (QED) is 0.368. The van der Waals surface area contributed by atoms with Crippen LogP contribution in [-0.2, 0) is 30.3 Å². The molecule has 0 aromatic heterocycles. The molecule has 40 heavy (non-hydrogen) atoms. The summed E-state index contributed by atoms with van der Waals surface area (Å²) in [6.07, 6.45) is -1.84. The molecule has 2 atom stereocenters. The van der Waals surface area contributed by atoms with Gasteiger partial charge in [-0.2, -0.15) is 0 Å². The van der Waals surface area contributed by atoms with Gasteiger partial charge in [-0.15, -0.1) is 0 Å². The van der Waals surface area contributed by atoms with Crippen LogP contribution in [0.15, 0.2) is 30.3 Å². The molecule has 1 aliphatic heterocycles. The van der Waals surface area contributed by atoms with E-state index in [1.54, 1.807) is 62.3 Å². The Bertz CT molecular complexity index is 1020. The molecular formula is C29H45N3O8. The molecule has 0 spiro atoms. The third-order valence-electron chi connectivity index (χ3n) is 5.49. The summed E-state index contributed by atoms with van der Waals surface area (Å²) in [7, 11) is 0. The Morgan fingerprint density at radius 1 is 0.875 bits per heavy atom. The maximum atomic E-state index is 13.3. The molecule has 1 N–H and O–H groups in total. The van der Waals surface area contributed by atoms with Gasteiger partial charge in [0, 0.05) is 26.1 Å². The fourth-order valence-corrected chi connectivity index (χ4v) is 3.95. The number of hydrogen-bond donors (Lipinski definition) is 1. The lowest BCUT2D eigenvalue weighted by Gasteiger charge is -2.32. The highest BCUT2D eigenvalue weighted by Gasteiger charge is 2.46. The summed E-state index contributed by atoms with van der Waals surface area (Å²) in [4.78, 5) is 54.5.